The molecule has 3 aromatic carbocycles. The molecule has 7 nitrogen and oxygen atoms in total. The lowest BCUT2D eigenvalue weighted by Crippen LogP contribution is -2.40. The fourth-order valence-corrected chi connectivity index (χ4v) is 7.94. The normalized spacial score (nSPS) is 14.7. The maximum Gasteiger partial charge on any atom is 0.338 e. The number of nitrogens with zero attached hydrogens (tertiary/aromatic N) is 3. The molecule has 1 aliphatic heterocycles. The van der Waals surface area contributed by atoms with Crippen molar-refractivity contribution in [1.29, 1.82) is 5.26 Å². The van der Waals surface area contributed by atoms with Gasteiger partial charge in [-0.1, -0.05) is 79.8 Å². The highest BCUT2D eigenvalue weighted by Gasteiger charge is 2.35. The summed E-state index contributed by atoms with van der Waals surface area (Å²) in [6.45, 7) is 6.07. The van der Waals surface area contributed by atoms with E-state index in [1.807, 2.05) is 72.8 Å². The van der Waals surface area contributed by atoms with Crippen LogP contribution < -0.4 is 19.6 Å². The van der Waals surface area contributed by atoms with E-state index in [1.54, 1.807) is 17.6 Å². The van der Waals surface area contributed by atoms with Gasteiger partial charge in [0.25, 0.3) is 5.56 Å². The molecule has 218 valence electrons. The van der Waals surface area contributed by atoms with Gasteiger partial charge in [0.1, 0.15) is 11.8 Å². The molecule has 4 aromatic rings. The topological polar surface area (TPSA) is 93.7 Å². The Hall–Kier alpha value is -3.28. The van der Waals surface area contributed by atoms with Gasteiger partial charge in [-0.3, -0.25) is 9.36 Å². The minimum absolute atomic E-state index is 0.117. The molecule has 0 spiro atoms. The lowest BCUT2D eigenvalue weighted by molar-refractivity contribution is -0.138. The van der Waals surface area contributed by atoms with E-state index in [9.17, 15) is 9.59 Å². The second kappa shape index (κ2) is 13.6. The van der Waals surface area contributed by atoms with E-state index in [4.69, 9.17) is 19.7 Å². The summed E-state index contributed by atoms with van der Waals surface area (Å²) in [6.07, 6.45) is 1.77. The van der Waals surface area contributed by atoms with Crippen LogP contribution in [0.25, 0.3) is 11.8 Å². The predicted molar refractivity (Wildman–Crippen MR) is 185 cm³/mol. The quantitative estimate of drug-likeness (QED) is 0.157. The van der Waals surface area contributed by atoms with Crippen LogP contribution in [0.5, 0.6) is 5.75 Å². The van der Waals surface area contributed by atoms with E-state index >= 15 is 0 Å². The van der Waals surface area contributed by atoms with Gasteiger partial charge in [-0.05, 0) is 87.4 Å². The van der Waals surface area contributed by atoms with Gasteiger partial charge < -0.3 is 9.47 Å². The highest BCUT2D eigenvalue weighted by Crippen LogP contribution is 2.36. The summed E-state index contributed by atoms with van der Waals surface area (Å²) in [5.74, 6) is 0.341. The zero-order valence-corrected chi connectivity index (χ0v) is 28.8. The number of fused-ring (bicyclic) bond motifs is 1. The van der Waals surface area contributed by atoms with Crippen molar-refractivity contribution in [3.8, 4) is 11.8 Å². The van der Waals surface area contributed by atoms with Crippen LogP contribution in [0.15, 0.2) is 82.1 Å². The summed E-state index contributed by atoms with van der Waals surface area (Å²) in [5.41, 5.74) is 3.88. The van der Waals surface area contributed by atoms with Crippen molar-refractivity contribution in [2.75, 3.05) is 13.2 Å². The molecule has 1 aliphatic rings. The molecule has 0 saturated heterocycles. The monoisotopic (exact) mass is 815 g/mol. The Labute approximate surface area is 280 Å². The first-order valence-corrected chi connectivity index (χ1v) is 16.6. The van der Waals surface area contributed by atoms with Crippen molar-refractivity contribution in [2.24, 2.45) is 4.99 Å². The molecule has 0 fully saturated rings. The Bertz CT molecular complexity index is 1940. The summed E-state index contributed by atoms with van der Waals surface area (Å²) < 4.78 is 15.1. The lowest BCUT2D eigenvalue weighted by atomic mass is 9.91. The first-order chi connectivity index (χ1) is 20.7. The van der Waals surface area contributed by atoms with Crippen LogP contribution in [0.1, 0.15) is 55.0 Å². The van der Waals surface area contributed by atoms with E-state index in [0.717, 1.165) is 23.8 Å². The molecular weight excluding hydrogens is 788 g/mol. The first kappa shape index (κ1) is 31.2. The Morgan fingerprint density at radius 3 is 2.51 bits per heavy atom. The zero-order chi connectivity index (χ0) is 30.7. The highest BCUT2D eigenvalue weighted by molar-refractivity contribution is 14.1. The number of rotatable bonds is 8. The number of nitriles is 1. The summed E-state index contributed by atoms with van der Waals surface area (Å²) in [4.78, 5) is 33.3. The number of halogens is 2. The number of carbonyl (C=O) groups is 1. The number of benzene rings is 3. The van der Waals surface area contributed by atoms with Crippen LogP contribution >= 0.6 is 56.5 Å². The SMILES string of the molecule is CCOC(=O)C1=C(c2ccccc2)N=c2s/c(=C\c3cc(I)cc(I)c3OCC#N)c(=O)n2[C@@H]1c1ccc(C(C)C)cc1. The van der Waals surface area contributed by atoms with Crippen LogP contribution in [-0.4, -0.2) is 23.8 Å². The van der Waals surface area contributed by atoms with E-state index in [1.165, 1.54) is 11.3 Å². The summed E-state index contributed by atoms with van der Waals surface area (Å²) in [6, 6.07) is 22.6. The van der Waals surface area contributed by atoms with E-state index in [-0.39, 0.29) is 18.8 Å². The molecule has 0 bridgehead atoms. The largest absolute Gasteiger partial charge is 0.477 e. The molecule has 2 heterocycles. The lowest BCUT2D eigenvalue weighted by Gasteiger charge is -2.26. The van der Waals surface area contributed by atoms with Gasteiger partial charge in [0, 0.05) is 14.7 Å². The number of hydrogen-bond acceptors (Lipinski definition) is 7. The molecule has 0 radical (unpaired) electrons. The van der Waals surface area contributed by atoms with Gasteiger partial charge in [-0.15, -0.1) is 0 Å². The van der Waals surface area contributed by atoms with Crippen molar-refractivity contribution < 1.29 is 14.3 Å². The Morgan fingerprint density at radius 1 is 1.14 bits per heavy atom. The summed E-state index contributed by atoms with van der Waals surface area (Å²) in [7, 11) is 0. The number of hydrogen-bond donors (Lipinski definition) is 0. The molecule has 1 aromatic heterocycles. The van der Waals surface area contributed by atoms with Crippen LogP contribution in [0.4, 0.5) is 0 Å². The molecule has 43 heavy (non-hydrogen) atoms. The maximum absolute atomic E-state index is 14.3. The zero-order valence-electron chi connectivity index (χ0n) is 23.6. The molecule has 0 aliphatic carbocycles. The molecule has 0 saturated carbocycles. The van der Waals surface area contributed by atoms with E-state index in [2.05, 4.69) is 59.0 Å². The van der Waals surface area contributed by atoms with Crippen molar-refractivity contribution in [1.82, 2.24) is 4.57 Å². The summed E-state index contributed by atoms with van der Waals surface area (Å²) in [5, 5.41) is 9.12. The minimum atomic E-state index is -0.751. The van der Waals surface area contributed by atoms with Crippen molar-refractivity contribution >= 4 is 74.3 Å². The molecular formula is C33H27I2N3O4S. The number of thiazole rings is 1. The Kier molecular flexibility index (Phi) is 9.83. The van der Waals surface area contributed by atoms with Gasteiger partial charge in [-0.2, -0.15) is 5.26 Å². The van der Waals surface area contributed by atoms with Crippen molar-refractivity contribution in [3.63, 3.8) is 0 Å². The average Bonchev–Trinajstić information content (AvgIpc) is 3.30. The second-order valence-corrected chi connectivity index (χ2v) is 13.4. The standard InChI is InChI=1S/C33H27I2N3O4S/c1-4-41-32(40)27-28(21-8-6-5-7-9-21)37-33-38(29(27)22-12-10-20(11-13-22)19(2)3)31(39)26(43-33)17-23-16-24(34)18-25(35)30(23)42-15-14-36/h5-13,16-19,29H,4,15H2,1-3H3/b26-17-/t29-/m1/s1. The van der Waals surface area contributed by atoms with Crippen LogP contribution in [-0.2, 0) is 9.53 Å². The van der Waals surface area contributed by atoms with E-state index in [0.29, 0.717) is 37.8 Å². The molecule has 0 N–H and O–H groups in total. The Morgan fingerprint density at radius 2 is 1.86 bits per heavy atom. The van der Waals surface area contributed by atoms with Crippen LogP contribution in [0.2, 0.25) is 0 Å². The van der Waals surface area contributed by atoms with Gasteiger partial charge in [-0.25, -0.2) is 9.79 Å². The first-order valence-electron chi connectivity index (χ1n) is 13.6. The van der Waals surface area contributed by atoms with E-state index < -0.39 is 12.0 Å². The van der Waals surface area contributed by atoms with Gasteiger partial charge in [0.15, 0.2) is 11.4 Å². The summed E-state index contributed by atoms with van der Waals surface area (Å²) >= 11 is 5.63. The Balaban J connectivity index is 1.82. The van der Waals surface area contributed by atoms with Crippen LogP contribution in [0, 0.1) is 18.5 Å². The van der Waals surface area contributed by atoms with Crippen LogP contribution in [0.3, 0.4) is 0 Å². The molecule has 10 heteroatoms. The highest BCUT2D eigenvalue weighted by atomic mass is 127. The molecule has 1 atom stereocenters. The third-order valence-electron chi connectivity index (χ3n) is 6.90. The fraction of sp³-hybridized carbons (Fsp3) is 0.212. The predicted octanol–water partition coefficient (Wildman–Crippen LogP) is 6.17. The average molecular weight is 815 g/mol. The third-order valence-corrected chi connectivity index (χ3v) is 9.30. The van der Waals surface area contributed by atoms with Gasteiger partial charge >= 0.3 is 5.97 Å². The number of esters is 1. The molecule has 5 rings (SSSR count). The fourth-order valence-electron chi connectivity index (χ4n) is 4.90. The van der Waals surface area contributed by atoms with Gasteiger partial charge in [0.05, 0.1) is 32.0 Å². The smallest absolute Gasteiger partial charge is 0.338 e. The maximum atomic E-state index is 14.3. The third kappa shape index (κ3) is 6.49. The number of aromatic nitrogens is 1. The van der Waals surface area contributed by atoms with Crippen molar-refractivity contribution in [3.05, 3.63) is 121 Å². The molecule has 0 amide bonds. The number of ether oxygens (including phenoxy) is 2. The number of carbonyl (C=O) groups excluding carboxylic acids is 1. The van der Waals surface area contributed by atoms with Gasteiger partial charge in [0.2, 0.25) is 0 Å². The minimum Gasteiger partial charge on any atom is -0.477 e. The van der Waals surface area contributed by atoms with Crippen molar-refractivity contribution in [2.45, 2.75) is 32.7 Å². The second-order valence-electron chi connectivity index (χ2n) is 10.0. The molecule has 0 unspecified atom stereocenters.